The number of halogens is 1. The lowest BCUT2D eigenvalue weighted by Gasteiger charge is -2.25. The Morgan fingerprint density at radius 3 is 2.67 bits per heavy atom. The topological polar surface area (TPSA) is 76.1 Å². The van der Waals surface area contributed by atoms with Crippen molar-refractivity contribution >= 4 is 17.4 Å². The summed E-state index contributed by atoms with van der Waals surface area (Å²) in [5.41, 5.74) is 0.350. The number of carbonyl (C=O) groups is 2. The first kappa shape index (κ1) is 19.9. The normalized spacial score (nSPS) is 19.5. The van der Waals surface area contributed by atoms with Gasteiger partial charge in [0.1, 0.15) is 11.6 Å². The summed E-state index contributed by atoms with van der Waals surface area (Å²) in [6, 6.07) is 9.74. The van der Waals surface area contributed by atoms with Gasteiger partial charge in [0, 0.05) is 17.7 Å². The van der Waals surface area contributed by atoms with Crippen LogP contribution in [0.3, 0.4) is 0 Å². The van der Waals surface area contributed by atoms with Crippen LogP contribution in [-0.4, -0.2) is 35.0 Å². The van der Waals surface area contributed by atoms with Crippen LogP contribution in [0.25, 0.3) is 5.76 Å². The number of Topliss-reactive ketones (excluding diaryl/α,β-unsaturated/α-hetero) is 1. The SMILES string of the molecule is CCCCCN1C(=O)C(=O)/C(=C(/O)c2ccc3c(c2)OCO3)C1c1ccccc1F. The lowest BCUT2D eigenvalue weighted by atomic mass is 9.94. The highest BCUT2D eigenvalue weighted by Gasteiger charge is 2.46. The van der Waals surface area contributed by atoms with Crippen molar-refractivity contribution in [2.24, 2.45) is 0 Å². The van der Waals surface area contributed by atoms with Crippen LogP contribution in [0.1, 0.15) is 43.4 Å². The summed E-state index contributed by atoms with van der Waals surface area (Å²) in [7, 11) is 0. The summed E-state index contributed by atoms with van der Waals surface area (Å²) < 4.78 is 25.3. The van der Waals surface area contributed by atoms with Gasteiger partial charge in [-0.15, -0.1) is 0 Å². The van der Waals surface area contributed by atoms with Crippen molar-refractivity contribution in [3.8, 4) is 11.5 Å². The number of aliphatic hydroxyl groups excluding tert-OH is 1. The number of amides is 1. The molecule has 1 unspecified atom stereocenters. The number of hydrogen-bond acceptors (Lipinski definition) is 5. The van der Waals surface area contributed by atoms with Crippen molar-refractivity contribution in [1.29, 1.82) is 0 Å². The molecule has 2 aliphatic rings. The van der Waals surface area contributed by atoms with E-state index in [2.05, 4.69) is 0 Å². The summed E-state index contributed by atoms with van der Waals surface area (Å²) in [6.07, 6.45) is 2.49. The van der Waals surface area contributed by atoms with Crippen molar-refractivity contribution in [3.63, 3.8) is 0 Å². The van der Waals surface area contributed by atoms with E-state index in [0.717, 1.165) is 12.8 Å². The molecule has 2 aliphatic heterocycles. The molecule has 0 bridgehead atoms. The van der Waals surface area contributed by atoms with Crippen molar-refractivity contribution in [3.05, 3.63) is 65.0 Å². The Morgan fingerprint density at radius 1 is 1.13 bits per heavy atom. The molecule has 2 aromatic carbocycles. The molecule has 0 radical (unpaired) electrons. The predicted molar refractivity (Wildman–Crippen MR) is 107 cm³/mol. The van der Waals surface area contributed by atoms with Gasteiger partial charge in [0.2, 0.25) is 6.79 Å². The number of rotatable bonds is 6. The molecule has 0 saturated carbocycles. The van der Waals surface area contributed by atoms with E-state index in [1.807, 2.05) is 6.92 Å². The largest absolute Gasteiger partial charge is 0.507 e. The predicted octanol–water partition coefficient (Wildman–Crippen LogP) is 4.17. The number of fused-ring (bicyclic) bond motifs is 1. The van der Waals surface area contributed by atoms with E-state index in [-0.39, 0.29) is 23.7 Å². The molecular weight excluding hydrogens is 389 g/mol. The second-order valence-electron chi connectivity index (χ2n) is 7.29. The number of unbranched alkanes of at least 4 members (excludes halogenated alkanes) is 2. The third-order valence-corrected chi connectivity index (χ3v) is 5.39. The Hall–Kier alpha value is -3.35. The Bertz CT molecular complexity index is 1030. The van der Waals surface area contributed by atoms with Crippen LogP contribution in [-0.2, 0) is 9.59 Å². The molecule has 30 heavy (non-hydrogen) atoms. The van der Waals surface area contributed by atoms with Gasteiger partial charge in [0.15, 0.2) is 11.5 Å². The molecule has 7 heteroatoms. The minimum Gasteiger partial charge on any atom is -0.507 e. The van der Waals surface area contributed by atoms with Crippen molar-refractivity contribution < 1.29 is 28.6 Å². The highest BCUT2D eigenvalue weighted by Crippen LogP contribution is 2.42. The molecule has 0 aromatic heterocycles. The van der Waals surface area contributed by atoms with Crippen LogP contribution in [0.15, 0.2) is 48.0 Å². The number of nitrogens with zero attached hydrogens (tertiary/aromatic N) is 1. The van der Waals surface area contributed by atoms with E-state index in [0.29, 0.717) is 30.0 Å². The van der Waals surface area contributed by atoms with Crippen molar-refractivity contribution in [2.45, 2.75) is 32.2 Å². The number of hydrogen-bond donors (Lipinski definition) is 1. The number of benzene rings is 2. The molecule has 2 heterocycles. The van der Waals surface area contributed by atoms with Crippen LogP contribution < -0.4 is 9.47 Å². The molecule has 156 valence electrons. The van der Waals surface area contributed by atoms with E-state index in [1.165, 1.54) is 17.0 Å². The third-order valence-electron chi connectivity index (χ3n) is 5.39. The van der Waals surface area contributed by atoms with Gasteiger partial charge in [-0.2, -0.15) is 0 Å². The van der Waals surface area contributed by atoms with Crippen molar-refractivity contribution in [2.75, 3.05) is 13.3 Å². The van der Waals surface area contributed by atoms with E-state index < -0.39 is 23.5 Å². The van der Waals surface area contributed by atoms with Crippen LogP contribution in [0.2, 0.25) is 0 Å². The fourth-order valence-electron chi connectivity index (χ4n) is 3.86. The Kier molecular flexibility index (Phi) is 5.44. The minimum atomic E-state index is -0.992. The standard InChI is InChI=1S/C23H22FNO5/c1-2-3-6-11-25-20(15-7-4-5-8-16(15)24)19(22(27)23(25)28)21(26)14-9-10-17-18(12-14)30-13-29-17/h4-5,7-10,12,20,26H,2-3,6,11,13H2,1H3/b21-19+. The first-order valence-electron chi connectivity index (χ1n) is 9.95. The zero-order valence-corrected chi connectivity index (χ0v) is 16.6. The van der Waals surface area contributed by atoms with Gasteiger partial charge in [0.05, 0.1) is 11.6 Å². The molecule has 0 aliphatic carbocycles. The maximum Gasteiger partial charge on any atom is 0.295 e. The van der Waals surface area contributed by atoms with Gasteiger partial charge >= 0.3 is 0 Å². The molecular formula is C23H22FNO5. The van der Waals surface area contributed by atoms with Crippen LogP contribution in [0, 0.1) is 5.82 Å². The fraction of sp³-hybridized carbons (Fsp3) is 0.304. The second-order valence-corrected chi connectivity index (χ2v) is 7.29. The highest BCUT2D eigenvalue weighted by atomic mass is 19.1. The number of carbonyl (C=O) groups excluding carboxylic acids is 2. The summed E-state index contributed by atoms with van der Waals surface area (Å²) in [5, 5.41) is 11.0. The molecule has 1 N–H and O–H groups in total. The van der Waals surface area contributed by atoms with Gasteiger partial charge in [-0.05, 0) is 30.7 Å². The van der Waals surface area contributed by atoms with Gasteiger partial charge in [-0.1, -0.05) is 38.0 Å². The Balaban J connectivity index is 1.83. The first-order chi connectivity index (χ1) is 14.5. The lowest BCUT2D eigenvalue weighted by Crippen LogP contribution is -2.31. The average Bonchev–Trinajstić information content (AvgIpc) is 3.31. The number of ketones is 1. The summed E-state index contributed by atoms with van der Waals surface area (Å²) in [5.74, 6) is -1.51. The summed E-state index contributed by atoms with van der Waals surface area (Å²) in [6.45, 7) is 2.40. The van der Waals surface area contributed by atoms with Gasteiger partial charge in [0.25, 0.3) is 11.7 Å². The first-order valence-corrected chi connectivity index (χ1v) is 9.95. The van der Waals surface area contributed by atoms with Gasteiger partial charge in [-0.25, -0.2) is 4.39 Å². The van der Waals surface area contributed by atoms with Crippen molar-refractivity contribution in [1.82, 2.24) is 4.90 Å². The van der Waals surface area contributed by atoms with Gasteiger partial charge in [-0.3, -0.25) is 9.59 Å². The molecule has 1 atom stereocenters. The Morgan fingerprint density at radius 2 is 1.90 bits per heavy atom. The quantitative estimate of drug-likeness (QED) is 0.334. The number of ether oxygens (including phenoxy) is 2. The monoisotopic (exact) mass is 411 g/mol. The maximum atomic E-state index is 14.7. The van der Waals surface area contributed by atoms with Gasteiger partial charge < -0.3 is 19.5 Å². The average molecular weight is 411 g/mol. The summed E-state index contributed by atoms with van der Waals surface area (Å²) in [4.78, 5) is 27.1. The number of aliphatic hydroxyl groups is 1. The highest BCUT2D eigenvalue weighted by molar-refractivity contribution is 6.46. The fourth-order valence-corrected chi connectivity index (χ4v) is 3.86. The lowest BCUT2D eigenvalue weighted by molar-refractivity contribution is -0.139. The molecule has 4 rings (SSSR count). The van der Waals surface area contributed by atoms with Crippen LogP contribution >= 0.6 is 0 Å². The van der Waals surface area contributed by atoms with E-state index in [9.17, 15) is 19.1 Å². The van der Waals surface area contributed by atoms with E-state index in [1.54, 1.807) is 30.3 Å². The van der Waals surface area contributed by atoms with Crippen LogP contribution in [0.5, 0.6) is 11.5 Å². The number of likely N-dealkylation sites (tertiary alicyclic amines) is 1. The van der Waals surface area contributed by atoms with E-state index >= 15 is 0 Å². The van der Waals surface area contributed by atoms with Crippen LogP contribution in [0.4, 0.5) is 4.39 Å². The zero-order chi connectivity index (χ0) is 21.3. The molecule has 6 nitrogen and oxygen atoms in total. The van der Waals surface area contributed by atoms with E-state index in [4.69, 9.17) is 9.47 Å². The molecule has 1 fully saturated rings. The Labute approximate surface area is 173 Å². The summed E-state index contributed by atoms with van der Waals surface area (Å²) >= 11 is 0. The molecule has 2 aromatic rings. The zero-order valence-electron chi connectivity index (χ0n) is 16.6. The third kappa shape index (κ3) is 3.40. The molecule has 1 amide bonds. The smallest absolute Gasteiger partial charge is 0.295 e. The molecule has 1 saturated heterocycles. The second kappa shape index (κ2) is 8.18. The molecule has 0 spiro atoms. The maximum absolute atomic E-state index is 14.7. The minimum absolute atomic E-state index is 0.0661.